The summed E-state index contributed by atoms with van der Waals surface area (Å²) in [7, 11) is 0. The average molecular weight is 459 g/mol. The highest BCUT2D eigenvalue weighted by molar-refractivity contribution is 7.14. The summed E-state index contributed by atoms with van der Waals surface area (Å²) in [5.74, 6) is 1.24. The lowest BCUT2D eigenvalue weighted by molar-refractivity contribution is -0.122. The van der Waals surface area contributed by atoms with Crippen LogP contribution < -0.4 is 14.8 Å². The van der Waals surface area contributed by atoms with Crippen LogP contribution in [0.3, 0.4) is 0 Å². The van der Waals surface area contributed by atoms with Crippen molar-refractivity contribution in [3.8, 4) is 33.9 Å². The second-order valence-electron chi connectivity index (χ2n) is 7.55. The zero-order chi connectivity index (χ0) is 23.0. The second-order valence-corrected chi connectivity index (χ2v) is 8.41. The molecule has 3 aromatic carbocycles. The molecule has 0 aliphatic heterocycles. The highest BCUT2D eigenvalue weighted by atomic mass is 32.1. The van der Waals surface area contributed by atoms with Gasteiger partial charge in [0.15, 0.2) is 11.2 Å². The van der Waals surface area contributed by atoms with Crippen LogP contribution in [0.2, 0.25) is 0 Å². The highest BCUT2D eigenvalue weighted by Gasteiger charge is 2.17. The van der Waals surface area contributed by atoms with E-state index in [0.29, 0.717) is 17.5 Å². The normalized spacial score (nSPS) is 11.6. The number of rotatable bonds is 9. The van der Waals surface area contributed by atoms with E-state index in [4.69, 9.17) is 9.47 Å². The molecule has 33 heavy (non-hydrogen) atoms. The summed E-state index contributed by atoms with van der Waals surface area (Å²) < 4.78 is 11.4. The van der Waals surface area contributed by atoms with Crippen LogP contribution in [0, 0.1) is 0 Å². The zero-order valence-electron chi connectivity index (χ0n) is 18.7. The van der Waals surface area contributed by atoms with E-state index in [9.17, 15) is 4.79 Å². The van der Waals surface area contributed by atoms with Gasteiger partial charge in [-0.3, -0.25) is 10.1 Å². The maximum atomic E-state index is 12.6. The molecular weight excluding hydrogens is 432 g/mol. The third kappa shape index (κ3) is 5.99. The lowest BCUT2D eigenvalue weighted by atomic mass is 10.1. The number of ether oxygens (including phenoxy) is 2. The standard InChI is InChI=1S/C27H26N2O3S/c1-3-17-31-23-13-11-22(12-14-23)25-18-33-27(28-25)29-26(30)19(2)32-24-15-9-21(10-16-24)20-7-5-4-6-8-20/h4-16,18-19H,3,17H2,1-2H3,(H,28,29,30). The molecule has 1 N–H and O–H groups in total. The number of nitrogens with zero attached hydrogens (tertiary/aromatic N) is 1. The van der Waals surface area contributed by atoms with Crippen molar-refractivity contribution in [2.45, 2.75) is 26.4 Å². The minimum atomic E-state index is -0.657. The van der Waals surface area contributed by atoms with Crippen LogP contribution in [0.15, 0.2) is 84.2 Å². The van der Waals surface area contributed by atoms with Crippen molar-refractivity contribution in [1.29, 1.82) is 0 Å². The predicted octanol–water partition coefficient (Wildman–Crippen LogP) is 6.67. The summed E-state index contributed by atoms with van der Waals surface area (Å²) in [5, 5.41) is 5.31. The van der Waals surface area contributed by atoms with Crippen molar-refractivity contribution in [3.63, 3.8) is 0 Å². The average Bonchev–Trinajstić information content (AvgIpc) is 3.32. The molecular formula is C27H26N2O3S. The zero-order valence-corrected chi connectivity index (χ0v) is 19.5. The Morgan fingerprint density at radius 3 is 2.24 bits per heavy atom. The van der Waals surface area contributed by atoms with Crippen LogP contribution in [-0.2, 0) is 4.79 Å². The molecule has 0 aliphatic carbocycles. The summed E-state index contributed by atoms with van der Waals surface area (Å²) in [6, 6.07) is 25.7. The molecule has 168 valence electrons. The van der Waals surface area contributed by atoms with Gasteiger partial charge in [-0.1, -0.05) is 49.4 Å². The molecule has 0 bridgehead atoms. The van der Waals surface area contributed by atoms with Crippen LogP contribution >= 0.6 is 11.3 Å². The molecule has 5 nitrogen and oxygen atoms in total. The molecule has 0 spiro atoms. The van der Waals surface area contributed by atoms with Crippen molar-refractivity contribution >= 4 is 22.4 Å². The number of hydrogen-bond donors (Lipinski definition) is 1. The van der Waals surface area contributed by atoms with Crippen molar-refractivity contribution < 1.29 is 14.3 Å². The fourth-order valence-corrected chi connectivity index (χ4v) is 3.95. The second kappa shape index (κ2) is 10.8. The number of aromatic nitrogens is 1. The minimum absolute atomic E-state index is 0.244. The Labute approximate surface area is 198 Å². The number of carbonyl (C=O) groups is 1. The third-order valence-electron chi connectivity index (χ3n) is 5.00. The van der Waals surface area contributed by atoms with Crippen LogP contribution in [0.5, 0.6) is 11.5 Å². The lowest BCUT2D eigenvalue weighted by Gasteiger charge is -2.14. The summed E-state index contributed by atoms with van der Waals surface area (Å²) in [5.41, 5.74) is 4.01. The fourth-order valence-electron chi connectivity index (χ4n) is 3.23. The first-order valence-corrected chi connectivity index (χ1v) is 11.8. The fraction of sp³-hybridized carbons (Fsp3) is 0.185. The Hall–Kier alpha value is -3.64. The predicted molar refractivity (Wildman–Crippen MR) is 134 cm³/mol. The maximum Gasteiger partial charge on any atom is 0.266 e. The molecule has 0 radical (unpaired) electrons. The number of hydrogen-bond acceptors (Lipinski definition) is 5. The van der Waals surface area contributed by atoms with Crippen LogP contribution in [-0.4, -0.2) is 23.6 Å². The molecule has 6 heteroatoms. The van der Waals surface area contributed by atoms with Gasteiger partial charge in [-0.25, -0.2) is 4.98 Å². The van der Waals surface area contributed by atoms with Gasteiger partial charge in [-0.05, 0) is 60.9 Å². The number of thiazole rings is 1. The van der Waals surface area contributed by atoms with E-state index < -0.39 is 6.10 Å². The lowest BCUT2D eigenvalue weighted by Crippen LogP contribution is -2.30. The molecule has 0 saturated carbocycles. The number of nitrogens with one attached hydrogen (secondary N) is 1. The van der Waals surface area contributed by atoms with Crippen molar-refractivity contribution in [2.24, 2.45) is 0 Å². The van der Waals surface area contributed by atoms with E-state index in [1.54, 1.807) is 6.92 Å². The van der Waals surface area contributed by atoms with Crippen molar-refractivity contribution in [1.82, 2.24) is 4.98 Å². The Balaban J connectivity index is 1.33. The van der Waals surface area contributed by atoms with Gasteiger partial charge in [0.1, 0.15) is 11.5 Å². The van der Waals surface area contributed by atoms with Gasteiger partial charge in [-0.15, -0.1) is 11.3 Å². The molecule has 1 heterocycles. The number of amides is 1. The van der Waals surface area contributed by atoms with Gasteiger partial charge in [0.2, 0.25) is 0 Å². The molecule has 4 aromatic rings. The van der Waals surface area contributed by atoms with E-state index >= 15 is 0 Å². The quantitative estimate of drug-likeness (QED) is 0.304. The Bertz CT molecular complexity index is 1170. The van der Waals surface area contributed by atoms with Crippen LogP contribution in [0.25, 0.3) is 22.4 Å². The molecule has 1 amide bonds. The summed E-state index contributed by atoms with van der Waals surface area (Å²) >= 11 is 1.38. The van der Waals surface area contributed by atoms with E-state index in [-0.39, 0.29) is 5.91 Å². The first-order chi connectivity index (χ1) is 16.1. The molecule has 0 saturated heterocycles. The van der Waals surface area contributed by atoms with E-state index in [2.05, 4.69) is 29.4 Å². The first-order valence-electron chi connectivity index (χ1n) is 10.9. The molecule has 0 fully saturated rings. The summed E-state index contributed by atoms with van der Waals surface area (Å²) in [6.07, 6.45) is 0.313. The van der Waals surface area contributed by atoms with E-state index in [0.717, 1.165) is 34.6 Å². The van der Waals surface area contributed by atoms with Crippen molar-refractivity contribution in [2.75, 3.05) is 11.9 Å². The highest BCUT2D eigenvalue weighted by Crippen LogP contribution is 2.27. The molecule has 4 rings (SSSR count). The van der Waals surface area contributed by atoms with Crippen LogP contribution in [0.1, 0.15) is 20.3 Å². The largest absolute Gasteiger partial charge is 0.494 e. The molecule has 0 aliphatic rings. The molecule has 1 atom stereocenters. The Kier molecular flexibility index (Phi) is 7.37. The SMILES string of the molecule is CCCOc1ccc(-c2csc(NC(=O)C(C)Oc3ccc(-c4ccccc4)cc3)n2)cc1. The topological polar surface area (TPSA) is 60.5 Å². The van der Waals surface area contributed by atoms with Gasteiger partial charge in [0.05, 0.1) is 12.3 Å². The monoisotopic (exact) mass is 458 g/mol. The van der Waals surface area contributed by atoms with E-state index in [1.807, 2.05) is 72.1 Å². The summed E-state index contributed by atoms with van der Waals surface area (Å²) in [4.78, 5) is 17.1. The Morgan fingerprint density at radius 2 is 1.55 bits per heavy atom. The third-order valence-corrected chi connectivity index (χ3v) is 5.76. The smallest absolute Gasteiger partial charge is 0.266 e. The first kappa shape index (κ1) is 22.6. The molecule has 1 unspecified atom stereocenters. The maximum absolute atomic E-state index is 12.6. The Morgan fingerprint density at radius 1 is 0.909 bits per heavy atom. The number of benzene rings is 3. The summed E-state index contributed by atoms with van der Waals surface area (Å²) in [6.45, 7) is 4.50. The molecule has 1 aromatic heterocycles. The van der Waals surface area contributed by atoms with Gasteiger partial charge >= 0.3 is 0 Å². The van der Waals surface area contributed by atoms with Gasteiger partial charge in [0, 0.05) is 10.9 Å². The van der Waals surface area contributed by atoms with Crippen LogP contribution in [0.4, 0.5) is 5.13 Å². The number of anilines is 1. The van der Waals surface area contributed by atoms with E-state index in [1.165, 1.54) is 11.3 Å². The van der Waals surface area contributed by atoms with Gasteiger partial charge < -0.3 is 9.47 Å². The van der Waals surface area contributed by atoms with Gasteiger partial charge in [0.25, 0.3) is 5.91 Å². The number of carbonyl (C=O) groups excluding carboxylic acids is 1. The minimum Gasteiger partial charge on any atom is -0.494 e. The van der Waals surface area contributed by atoms with Crippen molar-refractivity contribution in [3.05, 3.63) is 84.2 Å². The van der Waals surface area contributed by atoms with Gasteiger partial charge in [-0.2, -0.15) is 0 Å².